The number of thiazole rings is 1. The third-order valence-corrected chi connectivity index (χ3v) is 3.84. The summed E-state index contributed by atoms with van der Waals surface area (Å²) in [5, 5.41) is 6.81. The minimum absolute atomic E-state index is 0.337. The van der Waals surface area contributed by atoms with Crippen molar-refractivity contribution in [2.75, 3.05) is 13.2 Å². The average Bonchev–Trinajstić information content (AvgIpc) is 3.08. The van der Waals surface area contributed by atoms with Crippen molar-refractivity contribution in [3.63, 3.8) is 0 Å². The lowest BCUT2D eigenvalue weighted by atomic mass is 10.00. The summed E-state index contributed by atoms with van der Waals surface area (Å²) in [6.45, 7) is 1.97. The fraction of sp³-hybridized carbons (Fsp3) is 0.545. The average molecular weight is 266 g/mol. The van der Waals surface area contributed by atoms with Crippen LogP contribution in [0.5, 0.6) is 0 Å². The first-order valence-electron chi connectivity index (χ1n) is 5.93. The maximum absolute atomic E-state index is 5.53. The quantitative estimate of drug-likeness (QED) is 0.906. The molecule has 3 heterocycles. The van der Waals surface area contributed by atoms with Gasteiger partial charge in [-0.1, -0.05) is 5.16 Å². The molecule has 0 bridgehead atoms. The predicted octanol–water partition coefficient (Wildman–Crippen LogP) is 1.55. The Bertz CT molecular complexity index is 519. The molecule has 0 atom stereocenters. The maximum Gasteiger partial charge on any atom is 0.277 e. The van der Waals surface area contributed by atoms with E-state index in [0.29, 0.717) is 24.0 Å². The summed E-state index contributed by atoms with van der Waals surface area (Å²) in [5.41, 5.74) is 6.24. The number of nitrogens with zero attached hydrogens (tertiary/aromatic N) is 3. The van der Waals surface area contributed by atoms with Crippen LogP contribution in [0, 0.1) is 0 Å². The first kappa shape index (κ1) is 11.8. The van der Waals surface area contributed by atoms with Crippen molar-refractivity contribution in [2.45, 2.75) is 25.3 Å². The van der Waals surface area contributed by atoms with Gasteiger partial charge in [0.25, 0.3) is 5.89 Å². The molecule has 7 heteroatoms. The summed E-state index contributed by atoms with van der Waals surface area (Å²) in [6.07, 6.45) is 1.90. The lowest BCUT2D eigenvalue weighted by Crippen LogP contribution is -2.15. The molecule has 1 fully saturated rings. The Hall–Kier alpha value is -1.31. The number of rotatable bonds is 3. The molecule has 0 amide bonds. The summed E-state index contributed by atoms with van der Waals surface area (Å²) in [5.74, 6) is 1.58. The highest BCUT2D eigenvalue weighted by Crippen LogP contribution is 2.27. The number of hydrogen-bond acceptors (Lipinski definition) is 7. The molecule has 1 saturated heterocycles. The van der Waals surface area contributed by atoms with Crippen LogP contribution in [0.25, 0.3) is 11.6 Å². The van der Waals surface area contributed by atoms with Gasteiger partial charge in [0, 0.05) is 31.1 Å². The van der Waals surface area contributed by atoms with Crippen molar-refractivity contribution in [1.82, 2.24) is 15.1 Å². The second-order valence-electron chi connectivity index (χ2n) is 4.17. The van der Waals surface area contributed by atoms with Gasteiger partial charge in [0.15, 0.2) is 5.82 Å². The highest BCUT2D eigenvalue weighted by molar-refractivity contribution is 7.09. The van der Waals surface area contributed by atoms with Crippen LogP contribution in [-0.4, -0.2) is 28.3 Å². The fourth-order valence-corrected chi connectivity index (χ4v) is 2.61. The van der Waals surface area contributed by atoms with Gasteiger partial charge in [-0.05, 0) is 12.8 Å². The van der Waals surface area contributed by atoms with E-state index in [4.69, 9.17) is 15.0 Å². The largest absolute Gasteiger partial charge is 0.381 e. The lowest BCUT2D eigenvalue weighted by molar-refractivity contribution is 0.0830. The fourth-order valence-electron chi connectivity index (χ4n) is 1.96. The van der Waals surface area contributed by atoms with Gasteiger partial charge < -0.3 is 15.0 Å². The topological polar surface area (TPSA) is 87.1 Å². The molecule has 2 N–H and O–H groups in total. The SMILES string of the molecule is NCc1nc(-c2nc(C3CCOCC3)no2)cs1. The monoisotopic (exact) mass is 266 g/mol. The molecule has 2 aromatic rings. The van der Waals surface area contributed by atoms with E-state index in [9.17, 15) is 0 Å². The molecule has 96 valence electrons. The Balaban J connectivity index is 1.79. The van der Waals surface area contributed by atoms with Gasteiger partial charge in [0.05, 0.1) is 0 Å². The zero-order valence-corrected chi connectivity index (χ0v) is 10.7. The number of ether oxygens (including phenoxy) is 1. The Morgan fingerprint density at radius 3 is 2.89 bits per heavy atom. The third kappa shape index (κ3) is 2.29. The predicted molar refractivity (Wildman–Crippen MR) is 66.1 cm³/mol. The first-order chi connectivity index (χ1) is 8.86. The van der Waals surface area contributed by atoms with Crippen LogP contribution < -0.4 is 5.73 Å². The zero-order chi connectivity index (χ0) is 12.4. The van der Waals surface area contributed by atoms with Crippen LogP contribution >= 0.6 is 11.3 Å². The Morgan fingerprint density at radius 2 is 2.17 bits per heavy atom. The van der Waals surface area contributed by atoms with Gasteiger partial charge in [0.2, 0.25) is 0 Å². The molecule has 0 saturated carbocycles. The van der Waals surface area contributed by atoms with Crippen molar-refractivity contribution in [2.24, 2.45) is 5.73 Å². The summed E-state index contributed by atoms with van der Waals surface area (Å²) < 4.78 is 10.6. The van der Waals surface area contributed by atoms with E-state index in [0.717, 1.165) is 36.9 Å². The van der Waals surface area contributed by atoms with Gasteiger partial charge in [-0.3, -0.25) is 0 Å². The van der Waals surface area contributed by atoms with Crippen molar-refractivity contribution in [1.29, 1.82) is 0 Å². The lowest BCUT2D eigenvalue weighted by Gasteiger charge is -2.18. The Morgan fingerprint density at radius 1 is 1.33 bits per heavy atom. The molecule has 3 rings (SSSR count). The molecule has 18 heavy (non-hydrogen) atoms. The van der Waals surface area contributed by atoms with Crippen molar-refractivity contribution < 1.29 is 9.26 Å². The number of aromatic nitrogens is 3. The minimum atomic E-state index is 0.337. The minimum Gasteiger partial charge on any atom is -0.381 e. The smallest absolute Gasteiger partial charge is 0.277 e. The molecule has 0 radical (unpaired) electrons. The molecule has 1 aliphatic rings. The molecule has 2 aromatic heterocycles. The highest BCUT2D eigenvalue weighted by Gasteiger charge is 2.22. The van der Waals surface area contributed by atoms with Gasteiger partial charge in [-0.25, -0.2) is 4.98 Å². The van der Waals surface area contributed by atoms with E-state index in [1.54, 1.807) is 0 Å². The van der Waals surface area contributed by atoms with Crippen LogP contribution in [0.4, 0.5) is 0 Å². The van der Waals surface area contributed by atoms with E-state index >= 15 is 0 Å². The molecule has 0 aliphatic carbocycles. The van der Waals surface area contributed by atoms with Gasteiger partial charge in [0.1, 0.15) is 10.7 Å². The number of nitrogens with two attached hydrogens (primary N) is 1. The molecule has 6 nitrogen and oxygen atoms in total. The molecular formula is C11H14N4O2S. The summed E-state index contributed by atoms with van der Waals surface area (Å²) in [4.78, 5) is 8.75. The van der Waals surface area contributed by atoms with Crippen LogP contribution in [0.3, 0.4) is 0 Å². The van der Waals surface area contributed by atoms with Crippen LogP contribution in [0.2, 0.25) is 0 Å². The zero-order valence-electron chi connectivity index (χ0n) is 9.83. The van der Waals surface area contributed by atoms with Crippen LogP contribution in [0.1, 0.15) is 29.6 Å². The van der Waals surface area contributed by atoms with E-state index in [-0.39, 0.29) is 0 Å². The second-order valence-corrected chi connectivity index (χ2v) is 5.12. The van der Waals surface area contributed by atoms with E-state index in [2.05, 4.69) is 15.1 Å². The molecule has 0 spiro atoms. The molecule has 0 unspecified atom stereocenters. The Labute approximate surface area is 108 Å². The Kier molecular flexibility index (Phi) is 3.35. The first-order valence-corrected chi connectivity index (χ1v) is 6.81. The normalized spacial score (nSPS) is 17.2. The van der Waals surface area contributed by atoms with Gasteiger partial charge in [-0.2, -0.15) is 4.98 Å². The van der Waals surface area contributed by atoms with Crippen molar-refractivity contribution in [3.05, 3.63) is 16.2 Å². The molecule has 0 aromatic carbocycles. The second kappa shape index (κ2) is 5.13. The maximum atomic E-state index is 5.53. The summed E-state index contributed by atoms with van der Waals surface area (Å²) >= 11 is 1.51. The highest BCUT2D eigenvalue weighted by atomic mass is 32.1. The van der Waals surface area contributed by atoms with Gasteiger partial charge >= 0.3 is 0 Å². The van der Waals surface area contributed by atoms with E-state index in [1.165, 1.54) is 11.3 Å². The van der Waals surface area contributed by atoms with Crippen LogP contribution in [0.15, 0.2) is 9.90 Å². The van der Waals surface area contributed by atoms with E-state index < -0.39 is 0 Å². The summed E-state index contributed by atoms with van der Waals surface area (Å²) in [7, 11) is 0. The number of hydrogen-bond donors (Lipinski definition) is 1. The van der Waals surface area contributed by atoms with Gasteiger partial charge in [-0.15, -0.1) is 11.3 Å². The molecular weight excluding hydrogens is 252 g/mol. The summed E-state index contributed by atoms with van der Waals surface area (Å²) in [6, 6.07) is 0. The van der Waals surface area contributed by atoms with Crippen LogP contribution in [-0.2, 0) is 11.3 Å². The standard InChI is InChI=1S/C11H14N4O2S/c12-5-9-13-8(6-18-9)11-14-10(15-17-11)7-1-3-16-4-2-7/h6-7H,1-5,12H2. The van der Waals surface area contributed by atoms with E-state index in [1.807, 2.05) is 5.38 Å². The molecule has 1 aliphatic heterocycles. The van der Waals surface area contributed by atoms with Crippen molar-refractivity contribution >= 4 is 11.3 Å². The van der Waals surface area contributed by atoms with Crippen molar-refractivity contribution in [3.8, 4) is 11.6 Å². The third-order valence-electron chi connectivity index (χ3n) is 2.97.